The molecule has 14 heavy (non-hydrogen) atoms. The molecule has 3 unspecified atom stereocenters. The molecule has 0 spiro atoms. The van der Waals surface area contributed by atoms with Gasteiger partial charge >= 0.3 is 0 Å². The van der Waals surface area contributed by atoms with Gasteiger partial charge in [-0.25, -0.2) is 9.97 Å². The molecule has 0 aromatic carbocycles. The topological polar surface area (TPSA) is 49.8 Å². The van der Waals surface area contributed by atoms with Crippen molar-refractivity contribution in [3.05, 3.63) is 16.0 Å². The third-order valence-corrected chi connectivity index (χ3v) is 3.61. The Hall–Kier alpha value is -0.430. The maximum Gasteiger partial charge on any atom is 0.222 e. The van der Waals surface area contributed by atoms with Crippen molar-refractivity contribution in [3.63, 3.8) is 0 Å². The maximum atomic E-state index is 4.24. The number of nitrogens with one attached hydrogen (secondary N) is 2. The summed E-state index contributed by atoms with van der Waals surface area (Å²) < 4.78 is 1.07. The van der Waals surface area contributed by atoms with E-state index >= 15 is 0 Å². The lowest BCUT2D eigenvalue weighted by molar-refractivity contribution is 0.325. The van der Waals surface area contributed by atoms with Crippen molar-refractivity contribution in [2.45, 2.75) is 18.5 Å². The highest BCUT2D eigenvalue weighted by Crippen LogP contribution is 2.35. The van der Waals surface area contributed by atoms with Gasteiger partial charge in [-0.1, -0.05) is 0 Å². The molecule has 0 amide bonds. The Morgan fingerprint density at radius 1 is 1.43 bits per heavy atom. The Morgan fingerprint density at radius 3 is 2.79 bits per heavy atom. The highest BCUT2D eigenvalue weighted by molar-refractivity contribution is 14.1. The Kier molecular flexibility index (Phi) is 2.09. The third-order valence-electron chi connectivity index (χ3n) is 3.06. The van der Waals surface area contributed by atoms with Crippen LogP contribution in [0.15, 0.2) is 12.4 Å². The molecule has 1 aliphatic carbocycles. The predicted octanol–water partition coefficient (Wildman–Crippen LogP) is 0.853. The molecule has 3 aliphatic rings. The van der Waals surface area contributed by atoms with Crippen LogP contribution in [-0.4, -0.2) is 28.6 Å². The highest BCUT2D eigenvalue weighted by Gasteiger charge is 2.46. The Balaban J connectivity index is 1.70. The molecule has 4 nitrogen and oxygen atoms in total. The first kappa shape index (κ1) is 8.84. The van der Waals surface area contributed by atoms with Gasteiger partial charge in [0.25, 0.3) is 0 Å². The number of halogens is 1. The first-order chi connectivity index (χ1) is 6.83. The standard InChI is InChI=1S/C9H11IN4/c10-6-3-12-9(13-4-6)14-8-5-1-7(8)11-2-5/h3-5,7-8,11H,1-2H2,(H,12,13,14). The monoisotopic (exact) mass is 302 g/mol. The molecular formula is C9H11IN4. The number of rotatable bonds is 2. The van der Waals surface area contributed by atoms with E-state index in [1.165, 1.54) is 6.42 Å². The minimum absolute atomic E-state index is 0.551. The van der Waals surface area contributed by atoms with Crippen LogP contribution in [0.3, 0.4) is 0 Å². The van der Waals surface area contributed by atoms with Crippen molar-refractivity contribution >= 4 is 28.5 Å². The van der Waals surface area contributed by atoms with Crippen molar-refractivity contribution in [2.75, 3.05) is 11.9 Å². The van der Waals surface area contributed by atoms with Crippen LogP contribution in [0.1, 0.15) is 6.42 Å². The zero-order valence-corrected chi connectivity index (χ0v) is 9.73. The van der Waals surface area contributed by atoms with E-state index in [4.69, 9.17) is 0 Å². The zero-order valence-electron chi connectivity index (χ0n) is 7.57. The molecule has 3 atom stereocenters. The molecule has 5 heteroatoms. The second kappa shape index (κ2) is 3.30. The Bertz CT molecular complexity index is 325. The zero-order chi connectivity index (χ0) is 9.54. The van der Waals surface area contributed by atoms with Gasteiger partial charge in [0, 0.05) is 34.6 Å². The van der Waals surface area contributed by atoms with Crippen molar-refractivity contribution in [1.29, 1.82) is 0 Å². The average Bonchev–Trinajstić information content (AvgIpc) is 2.78. The first-order valence-electron chi connectivity index (χ1n) is 4.80. The molecule has 0 radical (unpaired) electrons. The van der Waals surface area contributed by atoms with Crippen molar-refractivity contribution < 1.29 is 0 Å². The van der Waals surface area contributed by atoms with E-state index in [9.17, 15) is 0 Å². The van der Waals surface area contributed by atoms with Crippen molar-refractivity contribution in [1.82, 2.24) is 15.3 Å². The van der Waals surface area contributed by atoms with Gasteiger partial charge in [-0.2, -0.15) is 0 Å². The van der Waals surface area contributed by atoms with Gasteiger partial charge in [0.1, 0.15) is 0 Å². The summed E-state index contributed by atoms with van der Waals surface area (Å²) in [6.07, 6.45) is 4.98. The SMILES string of the molecule is Ic1cnc(NC2C3CNC2C3)nc1. The van der Waals surface area contributed by atoms with Gasteiger partial charge in [-0.3, -0.25) is 0 Å². The lowest BCUT2D eigenvalue weighted by Crippen LogP contribution is -2.47. The van der Waals surface area contributed by atoms with E-state index in [0.29, 0.717) is 12.1 Å². The third kappa shape index (κ3) is 1.38. The molecular weight excluding hydrogens is 291 g/mol. The Labute approximate surface area is 96.0 Å². The van der Waals surface area contributed by atoms with E-state index in [-0.39, 0.29) is 0 Å². The summed E-state index contributed by atoms with van der Waals surface area (Å²) in [6, 6.07) is 1.19. The van der Waals surface area contributed by atoms with Gasteiger partial charge in [-0.05, 0) is 34.9 Å². The predicted molar refractivity (Wildman–Crippen MR) is 62.1 cm³/mol. The van der Waals surface area contributed by atoms with Crippen LogP contribution < -0.4 is 10.6 Å². The molecule has 2 saturated heterocycles. The molecule has 2 aliphatic heterocycles. The Morgan fingerprint density at radius 2 is 2.21 bits per heavy atom. The molecule has 74 valence electrons. The fourth-order valence-corrected chi connectivity index (χ4v) is 2.51. The van der Waals surface area contributed by atoms with E-state index < -0.39 is 0 Å². The van der Waals surface area contributed by atoms with Crippen LogP contribution in [0.25, 0.3) is 0 Å². The molecule has 1 aromatic rings. The van der Waals surface area contributed by atoms with Crippen LogP contribution in [0.4, 0.5) is 5.95 Å². The smallest absolute Gasteiger partial charge is 0.222 e. The van der Waals surface area contributed by atoms with Crippen molar-refractivity contribution in [3.8, 4) is 0 Å². The van der Waals surface area contributed by atoms with E-state index in [1.54, 1.807) is 0 Å². The molecule has 2 N–H and O–H groups in total. The van der Waals surface area contributed by atoms with E-state index in [1.807, 2.05) is 12.4 Å². The molecule has 3 fully saturated rings. The number of nitrogens with zero attached hydrogens (tertiary/aromatic N) is 2. The van der Waals surface area contributed by atoms with Gasteiger partial charge in [-0.15, -0.1) is 0 Å². The molecule has 1 saturated carbocycles. The number of fused-ring (bicyclic) bond motifs is 1. The largest absolute Gasteiger partial charge is 0.350 e. The molecule has 4 rings (SSSR count). The van der Waals surface area contributed by atoms with Gasteiger partial charge in [0.2, 0.25) is 5.95 Å². The quantitative estimate of drug-likeness (QED) is 0.796. The van der Waals surface area contributed by atoms with Crippen LogP contribution in [-0.2, 0) is 0 Å². The summed E-state index contributed by atoms with van der Waals surface area (Å²) in [4.78, 5) is 8.48. The first-order valence-corrected chi connectivity index (χ1v) is 5.88. The summed E-state index contributed by atoms with van der Waals surface area (Å²) >= 11 is 2.21. The second-order valence-electron chi connectivity index (χ2n) is 3.91. The summed E-state index contributed by atoms with van der Waals surface area (Å²) in [5.74, 6) is 1.54. The molecule has 3 heterocycles. The summed E-state index contributed by atoms with van der Waals surface area (Å²) in [5.41, 5.74) is 0. The number of aromatic nitrogens is 2. The summed E-state index contributed by atoms with van der Waals surface area (Å²) in [6.45, 7) is 1.15. The minimum Gasteiger partial charge on any atom is -0.350 e. The lowest BCUT2D eigenvalue weighted by atomic mass is 9.80. The van der Waals surface area contributed by atoms with Gasteiger partial charge in [0.15, 0.2) is 0 Å². The maximum absolute atomic E-state index is 4.24. The van der Waals surface area contributed by atoms with Crippen LogP contribution in [0.2, 0.25) is 0 Å². The van der Waals surface area contributed by atoms with Gasteiger partial charge < -0.3 is 10.6 Å². The summed E-state index contributed by atoms with van der Waals surface area (Å²) in [5, 5.41) is 6.84. The fourth-order valence-electron chi connectivity index (χ4n) is 2.23. The summed E-state index contributed by atoms with van der Waals surface area (Å²) in [7, 11) is 0. The second-order valence-corrected chi connectivity index (χ2v) is 5.15. The normalized spacial score (nSPS) is 33.9. The van der Waals surface area contributed by atoms with Crippen LogP contribution in [0.5, 0.6) is 0 Å². The lowest BCUT2D eigenvalue weighted by Gasteiger charge is -2.34. The minimum atomic E-state index is 0.551. The number of anilines is 1. The van der Waals surface area contributed by atoms with E-state index in [0.717, 1.165) is 22.0 Å². The van der Waals surface area contributed by atoms with Crippen LogP contribution in [0, 0.1) is 9.49 Å². The number of hydrogen-bond donors (Lipinski definition) is 2. The van der Waals surface area contributed by atoms with Crippen molar-refractivity contribution in [2.24, 2.45) is 5.92 Å². The fraction of sp³-hybridized carbons (Fsp3) is 0.556. The average molecular weight is 302 g/mol. The molecule has 2 bridgehead atoms. The molecule has 1 aromatic heterocycles. The number of hydrogen-bond acceptors (Lipinski definition) is 4. The van der Waals surface area contributed by atoms with Crippen LogP contribution >= 0.6 is 22.6 Å². The van der Waals surface area contributed by atoms with Gasteiger partial charge in [0.05, 0.1) is 0 Å². The highest BCUT2D eigenvalue weighted by atomic mass is 127. The van der Waals surface area contributed by atoms with E-state index in [2.05, 4.69) is 43.2 Å².